The van der Waals surface area contributed by atoms with Crippen molar-refractivity contribution in [2.75, 3.05) is 50.5 Å². The molecule has 2 aromatic carbocycles. The Morgan fingerprint density at radius 2 is 1.49 bits per heavy atom. The molecule has 2 saturated heterocycles. The summed E-state index contributed by atoms with van der Waals surface area (Å²) >= 11 is 12.2. The molecule has 12 nitrogen and oxygen atoms in total. The number of benzene rings is 2. The number of nitrogens with one attached hydrogen (secondary N) is 5. The van der Waals surface area contributed by atoms with Crippen LogP contribution in [0.15, 0.2) is 52.1 Å². The maximum Gasteiger partial charge on any atom is 0.409 e. The van der Waals surface area contributed by atoms with Gasteiger partial charge >= 0.3 is 12.1 Å². The van der Waals surface area contributed by atoms with Gasteiger partial charge < -0.3 is 40.3 Å². The Bertz CT molecular complexity index is 1860. The fourth-order valence-corrected chi connectivity index (χ4v) is 6.21. The second-order valence-electron chi connectivity index (χ2n) is 11.4. The van der Waals surface area contributed by atoms with Gasteiger partial charge in [-0.2, -0.15) is 0 Å². The number of fused-ring (bicyclic) bond motifs is 2. The van der Waals surface area contributed by atoms with Gasteiger partial charge in [0.05, 0.1) is 30.4 Å². The van der Waals surface area contributed by atoms with Crippen molar-refractivity contribution in [1.29, 1.82) is 0 Å². The first-order valence-electron chi connectivity index (χ1n) is 15.6. The fourth-order valence-electron chi connectivity index (χ4n) is 5.87. The lowest BCUT2D eigenvalue weighted by molar-refractivity contribution is 0.0600. The van der Waals surface area contributed by atoms with Crippen LogP contribution in [0.1, 0.15) is 43.0 Å². The third kappa shape index (κ3) is 8.37. The van der Waals surface area contributed by atoms with E-state index in [0.29, 0.717) is 65.2 Å². The summed E-state index contributed by atoms with van der Waals surface area (Å²) < 4.78 is 9.83. The molecule has 2 fully saturated rings. The van der Waals surface area contributed by atoms with Gasteiger partial charge in [-0.3, -0.25) is 9.59 Å². The second kappa shape index (κ2) is 15.6. The molecule has 0 bridgehead atoms. The zero-order valence-electron chi connectivity index (χ0n) is 26.2. The van der Waals surface area contributed by atoms with Crippen LogP contribution in [0.2, 0.25) is 10.0 Å². The number of aromatic amines is 2. The average Bonchev–Trinajstić information content (AvgIpc) is 3.06. The number of piperidine rings is 2. The number of rotatable bonds is 6. The van der Waals surface area contributed by atoms with Gasteiger partial charge in [0.2, 0.25) is 5.56 Å². The number of pyridine rings is 2. The molecule has 4 aromatic rings. The van der Waals surface area contributed by atoms with Crippen molar-refractivity contribution in [3.8, 4) is 0 Å². The van der Waals surface area contributed by atoms with Crippen LogP contribution in [0.4, 0.5) is 16.2 Å². The average molecular weight is 686 g/mol. The van der Waals surface area contributed by atoms with Crippen molar-refractivity contribution < 1.29 is 19.1 Å². The lowest BCUT2D eigenvalue weighted by atomic mass is 10.0. The SMILES string of the molecule is CCOC(=O)N1CCC(Nc2c(C(=O)OC)c(=O)[nH]c3ccc(Cl)cc23)CC1.O=c1cc(NC2CCNCC2)c2cc(Cl)ccc2[nH]1. The number of hydrogen-bond acceptors (Lipinski definition) is 9. The lowest BCUT2D eigenvalue weighted by Crippen LogP contribution is -2.43. The number of likely N-dealkylation sites (tertiary alicyclic amines) is 1. The van der Waals surface area contributed by atoms with Crippen LogP contribution in [0.5, 0.6) is 0 Å². The lowest BCUT2D eigenvalue weighted by Gasteiger charge is -2.32. The van der Waals surface area contributed by atoms with E-state index in [0.717, 1.165) is 42.5 Å². The highest BCUT2D eigenvalue weighted by Gasteiger charge is 2.27. The molecule has 1 amide bonds. The molecule has 250 valence electrons. The van der Waals surface area contributed by atoms with E-state index in [4.69, 9.17) is 32.7 Å². The summed E-state index contributed by atoms with van der Waals surface area (Å²) in [4.78, 5) is 55.5. The quantitative estimate of drug-likeness (QED) is 0.169. The number of nitrogens with zero attached hydrogens (tertiary/aromatic N) is 1. The molecule has 2 aliphatic rings. The smallest absolute Gasteiger partial charge is 0.409 e. The Morgan fingerprint density at radius 1 is 0.872 bits per heavy atom. The van der Waals surface area contributed by atoms with Crippen LogP contribution in [0.3, 0.4) is 0 Å². The van der Waals surface area contributed by atoms with E-state index in [-0.39, 0.29) is 23.3 Å². The van der Waals surface area contributed by atoms with E-state index < -0.39 is 11.5 Å². The first kappa shape index (κ1) is 34.1. The zero-order valence-corrected chi connectivity index (χ0v) is 27.7. The highest BCUT2D eigenvalue weighted by atomic mass is 35.5. The van der Waals surface area contributed by atoms with Gasteiger partial charge in [0, 0.05) is 57.7 Å². The third-order valence-electron chi connectivity index (χ3n) is 8.24. The van der Waals surface area contributed by atoms with Gasteiger partial charge in [0.25, 0.3) is 5.56 Å². The number of anilines is 2. The Kier molecular flexibility index (Phi) is 11.3. The predicted molar refractivity (Wildman–Crippen MR) is 185 cm³/mol. The van der Waals surface area contributed by atoms with E-state index in [1.165, 1.54) is 7.11 Å². The number of carbonyl (C=O) groups excluding carboxylic acids is 2. The highest BCUT2D eigenvalue weighted by molar-refractivity contribution is 6.32. The number of amides is 1. The minimum atomic E-state index is -0.727. The molecule has 0 aliphatic carbocycles. The Balaban J connectivity index is 0.000000198. The summed E-state index contributed by atoms with van der Waals surface area (Å²) in [5, 5.41) is 12.9. The number of halogens is 2. The number of ether oxygens (including phenoxy) is 2. The molecule has 5 N–H and O–H groups in total. The minimum absolute atomic E-state index is 0.0296. The summed E-state index contributed by atoms with van der Waals surface area (Å²) in [6.07, 6.45) is 3.09. The van der Waals surface area contributed by atoms with Gasteiger partial charge in [-0.1, -0.05) is 23.2 Å². The second-order valence-corrected chi connectivity index (χ2v) is 12.3. The van der Waals surface area contributed by atoms with Crippen LogP contribution in [0.25, 0.3) is 21.8 Å². The van der Waals surface area contributed by atoms with Crippen molar-refractivity contribution in [1.82, 2.24) is 20.2 Å². The molecule has 0 atom stereocenters. The van der Waals surface area contributed by atoms with Crippen LogP contribution < -0.4 is 27.1 Å². The molecule has 0 saturated carbocycles. The van der Waals surface area contributed by atoms with E-state index in [2.05, 4.69) is 25.9 Å². The van der Waals surface area contributed by atoms with Gasteiger partial charge in [-0.15, -0.1) is 0 Å². The van der Waals surface area contributed by atoms with E-state index in [1.54, 1.807) is 42.2 Å². The topological polar surface area (TPSA) is 158 Å². The van der Waals surface area contributed by atoms with Crippen molar-refractivity contribution in [3.05, 3.63) is 78.8 Å². The molecule has 2 aliphatic heterocycles. The maximum absolute atomic E-state index is 12.5. The van der Waals surface area contributed by atoms with Crippen LogP contribution >= 0.6 is 23.2 Å². The summed E-state index contributed by atoms with van der Waals surface area (Å²) in [7, 11) is 1.23. The molecule has 4 heterocycles. The van der Waals surface area contributed by atoms with Crippen molar-refractivity contribution in [2.45, 2.75) is 44.7 Å². The first-order valence-corrected chi connectivity index (χ1v) is 16.3. The zero-order chi connectivity index (χ0) is 33.5. The largest absolute Gasteiger partial charge is 0.465 e. The molecule has 2 aromatic heterocycles. The van der Waals surface area contributed by atoms with E-state index >= 15 is 0 Å². The monoisotopic (exact) mass is 684 g/mol. The molecule has 0 radical (unpaired) electrons. The number of esters is 1. The fraction of sp³-hybridized carbons (Fsp3) is 0.394. The summed E-state index contributed by atoms with van der Waals surface area (Å²) in [5.74, 6) is -0.727. The molecule has 6 rings (SSSR count). The summed E-state index contributed by atoms with van der Waals surface area (Å²) in [5.41, 5.74) is 1.92. The molecule has 0 spiro atoms. The normalized spacial score (nSPS) is 15.5. The van der Waals surface area contributed by atoms with E-state index in [1.807, 2.05) is 12.1 Å². The van der Waals surface area contributed by atoms with E-state index in [9.17, 15) is 19.2 Å². The van der Waals surface area contributed by atoms with Crippen LogP contribution in [-0.2, 0) is 9.47 Å². The van der Waals surface area contributed by atoms with Gasteiger partial charge in [-0.05, 0) is 82.1 Å². The molecular weight excluding hydrogens is 647 g/mol. The highest BCUT2D eigenvalue weighted by Crippen LogP contribution is 2.30. The van der Waals surface area contributed by atoms with Gasteiger partial charge in [-0.25, -0.2) is 9.59 Å². The van der Waals surface area contributed by atoms with Crippen LogP contribution in [0, 0.1) is 0 Å². The standard InChI is InChI=1S/C19H22ClN3O5.C14H16ClN3O/c1-3-28-19(26)23-8-6-12(7-9-23)21-16-13-10-11(20)4-5-14(13)22-17(24)15(16)18(25)27-2;15-9-1-2-12-11(7-9)13(8-14(19)18-12)17-10-3-5-16-6-4-10/h4-5,10,12H,3,6-9H2,1-2H3,(H2,21,22,24);1-2,7-8,10,16H,3-6H2,(H2,17,18,19). The third-order valence-corrected chi connectivity index (χ3v) is 8.71. The van der Waals surface area contributed by atoms with Gasteiger partial charge in [0.15, 0.2) is 0 Å². The number of carbonyl (C=O) groups is 2. The minimum Gasteiger partial charge on any atom is -0.465 e. The summed E-state index contributed by atoms with van der Waals surface area (Å²) in [6, 6.07) is 12.5. The van der Waals surface area contributed by atoms with Crippen molar-refractivity contribution in [3.63, 3.8) is 0 Å². The Morgan fingerprint density at radius 3 is 2.13 bits per heavy atom. The summed E-state index contributed by atoms with van der Waals surface area (Å²) in [6.45, 7) is 5.17. The Labute approximate surface area is 281 Å². The molecular formula is C33H38Cl2N6O6. The maximum atomic E-state index is 12.5. The number of aromatic nitrogens is 2. The Hall–Kier alpha value is -4.26. The molecule has 0 unspecified atom stereocenters. The van der Waals surface area contributed by atoms with Crippen molar-refractivity contribution in [2.24, 2.45) is 0 Å². The number of methoxy groups -OCH3 is 1. The van der Waals surface area contributed by atoms with Crippen molar-refractivity contribution >= 4 is 68.4 Å². The number of hydrogen-bond donors (Lipinski definition) is 5. The molecule has 47 heavy (non-hydrogen) atoms. The predicted octanol–water partition coefficient (Wildman–Crippen LogP) is 5.35. The van der Waals surface area contributed by atoms with Gasteiger partial charge in [0.1, 0.15) is 5.56 Å². The first-order chi connectivity index (χ1) is 22.7. The molecule has 14 heteroatoms. The number of H-pyrrole nitrogens is 2. The van der Waals surface area contributed by atoms with Crippen LogP contribution in [-0.4, -0.2) is 78.9 Å².